The number of hydrogen-bond acceptors (Lipinski definition) is 2. The van der Waals surface area contributed by atoms with E-state index >= 15 is 0 Å². The van der Waals surface area contributed by atoms with Crippen LogP contribution in [0.5, 0.6) is 0 Å². The smallest absolute Gasteiger partial charge is 0.123 e. The molecule has 0 aromatic heterocycles. The van der Waals surface area contributed by atoms with Gasteiger partial charge in [0, 0.05) is 25.6 Å². The third-order valence-electron chi connectivity index (χ3n) is 3.19. The van der Waals surface area contributed by atoms with E-state index in [0.717, 1.165) is 25.9 Å². The molecule has 0 radical (unpaired) electrons. The van der Waals surface area contributed by atoms with E-state index in [4.69, 9.17) is 0 Å². The molecule has 2 rings (SSSR count). The second kappa shape index (κ2) is 4.58. The van der Waals surface area contributed by atoms with Crippen molar-refractivity contribution >= 4 is 6.29 Å². The molecule has 1 saturated heterocycles. The maximum atomic E-state index is 10.6. The van der Waals surface area contributed by atoms with Crippen molar-refractivity contribution in [2.45, 2.75) is 13.5 Å². The van der Waals surface area contributed by atoms with Crippen LogP contribution < -0.4 is 0 Å². The Hall–Kier alpha value is -1.15. The van der Waals surface area contributed by atoms with Crippen LogP contribution in [0.2, 0.25) is 0 Å². The fraction of sp³-hybridized carbons (Fsp3) is 0.462. The van der Waals surface area contributed by atoms with Crippen molar-refractivity contribution in [1.82, 2.24) is 4.90 Å². The van der Waals surface area contributed by atoms with Crippen molar-refractivity contribution < 1.29 is 4.79 Å². The zero-order chi connectivity index (χ0) is 10.7. The van der Waals surface area contributed by atoms with E-state index in [1.165, 1.54) is 5.56 Å². The number of rotatable bonds is 4. The molecule has 1 atom stereocenters. The Bertz CT molecular complexity index is 317. The molecule has 0 N–H and O–H groups in total. The molecule has 1 aromatic rings. The van der Waals surface area contributed by atoms with Crippen molar-refractivity contribution in [1.29, 1.82) is 0 Å². The number of benzene rings is 1. The van der Waals surface area contributed by atoms with E-state index in [0.29, 0.717) is 5.92 Å². The number of hydrogen-bond donors (Lipinski definition) is 0. The third-order valence-corrected chi connectivity index (χ3v) is 3.19. The first-order chi connectivity index (χ1) is 7.29. The first-order valence-electron chi connectivity index (χ1n) is 5.51. The van der Waals surface area contributed by atoms with Crippen molar-refractivity contribution in [2.24, 2.45) is 11.8 Å². The van der Waals surface area contributed by atoms with E-state index < -0.39 is 0 Å². The van der Waals surface area contributed by atoms with E-state index in [2.05, 4.69) is 29.2 Å². The summed E-state index contributed by atoms with van der Waals surface area (Å²) in [6.07, 6.45) is 1.07. The summed E-state index contributed by atoms with van der Waals surface area (Å²) in [5.41, 5.74) is 1.36. The highest BCUT2D eigenvalue weighted by atomic mass is 16.1. The molecule has 1 heterocycles. The van der Waals surface area contributed by atoms with Gasteiger partial charge in [0.15, 0.2) is 0 Å². The largest absolute Gasteiger partial charge is 0.303 e. The Morgan fingerprint density at radius 3 is 2.67 bits per heavy atom. The van der Waals surface area contributed by atoms with Crippen LogP contribution in [0.25, 0.3) is 0 Å². The Balaban J connectivity index is 1.79. The summed E-state index contributed by atoms with van der Waals surface area (Å²) >= 11 is 0. The average molecular weight is 203 g/mol. The van der Waals surface area contributed by atoms with Crippen LogP contribution in [0.4, 0.5) is 0 Å². The number of likely N-dealkylation sites (tertiary alicyclic amines) is 1. The van der Waals surface area contributed by atoms with Crippen molar-refractivity contribution in [3.63, 3.8) is 0 Å². The van der Waals surface area contributed by atoms with Crippen LogP contribution in [-0.4, -0.2) is 24.3 Å². The lowest BCUT2D eigenvalue weighted by atomic mass is 9.88. The van der Waals surface area contributed by atoms with Gasteiger partial charge in [-0.25, -0.2) is 0 Å². The van der Waals surface area contributed by atoms with Crippen LogP contribution in [0.15, 0.2) is 30.3 Å². The maximum absolute atomic E-state index is 10.6. The molecule has 0 aliphatic carbocycles. The van der Waals surface area contributed by atoms with Crippen molar-refractivity contribution in [2.75, 3.05) is 13.1 Å². The Morgan fingerprint density at radius 2 is 2.07 bits per heavy atom. The Kier molecular flexibility index (Phi) is 3.17. The van der Waals surface area contributed by atoms with Gasteiger partial charge in [-0.15, -0.1) is 0 Å². The summed E-state index contributed by atoms with van der Waals surface area (Å²) in [5.74, 6) is 0.795. The number of aldehydes is 1. The molecule has 80 valence electrons. The summed E-state index contributed by atoms with van der Waals surface area (Å²) < 4.78 is 0. The van der Waals surface area contributed by atoms with Gasteiger partial charge in [0.05, 0.1) is 0 Å². The van der Waals surface area contributed by atoms with Gasteiger partial charge >= 0.3 is 0 Å². The zero-order valence-corrected chi connectivity index (χ0v) is 9.10. The van der Waals surface area contributed by atoms with Crippen LogP contribution in [0.3, 0.4) is 0 Å². The maximum Gasteiger partial charge on any atom is 0.123 e. The first-order valence-corrected chi connectivity index (χ1v) is 5.51. The number of carbonyl (C=O) groups is 1. The van der Waals surface area contributed by atoms with Gasteiger partial charge in [0.25, 0.3) is 0 Å². The van der Waals surface area contributed by atoms with Crippen molar-refractivity contribution in [3.05, 3.63) is 35.9 Å². The fourth-order valence-electron chi connectivity index (χ4n) is 2.02. The highest BCUT2D eigenvalue weighted by Gasteiger charge is 2.30. The summed E-state index contributed by atoms with van der Waals surface area (Å²) in [5, 5.41) is 0. The van der Waals surface area contributed by atoms with Crippen LogP contribution in [0, 0.1) is 11.8 Å². The second-order valence-corrected chi connectivity index (χ2v) is 4.43. The molecule has 1 unspecified atom stereocenters. The molecule has 0 amide bonds. The minimum absolute atomic E-state index is 0.219. The lowest BCUT2D eigenvalue weighted by Crippen LogP contribution is -2.48. The molecule has 1 aliphatic rings. The topological polar surface area (TPSA) is 20.3 Å². The monoisotopic (exact) mass is 203 g/mol. The summed E-state index contributed by atoms with van der Waals surface area (Å²) in [7, 11) is 0. The van der Waals surface area contributed by atoms with Gasteiger partial charge in [-0.3, -0.25) is 4.90 Å². The second-order valence-electron chi connectivity index (χ2n) is 4.43. The lowest BCUT2D eigenvalue weighted by molar-refractivity contribution is -0.114. The van der Waals surface area contributed by atoms with Crippen LogP contribution >= 0.6 is 0 Å². The van der Waals surface area contributed by atoms with Gasteiger partial charge in [0.1, 0.15) is 6.29 Å². The molecule has 0 bridgehead atoms. The summed E-state index contributed by atoms with van der Waals surface area (Å²) in [6, 6.07) is 10.5. The predicted molar refractivity (Wildman–Crippen MR) is 60.4 cm³/mol. The van der Waals surface area contributed by atoms with E-state index in [9.17, 15) is 4.79 Å². The van der Waals surface area contributed by atoms with E-state index in [1.807, 2.05) is 13.0 Å². The minimum Gasteiger partial charge on any atom is -0.303 e. The number of nitrogens with zero attached hydrogens (tertiary/aromatic N) is 1. The molecule has 2 nitrogen and oxygen atoms in total. The molecule has 0 saturated carbocycles. The molecule has 15 heavy (non-hydrogen) atoms. The minimum atomic E-state index is 0.219. The fourth-order valence-corrected chi connectivity index (χ4v) is 2.02. The van der Waals surface area contributed by atoms with Gasteiger partial charge in [-0.1, -0.05) is 37.3 Å². The Labute approximate surface area is 90.9 Å². The standard InChI is InChI=1S/C13H17NO/c1-11(10-15)13-8-14(9-13)7-12-5-3-2-4-6-12/h2-6,10-11,13H,7-9H2,1H3. The molecular formula is C13H17NO. The van der Waals surface area contributed by atoms with Gasteiger partial charge in [0.2, 0.25) is 0 Å². The molecular weight excluding hydrogens is 186 g/mol. The van der Waals surface area contributed by atoms with E-state index in [-0.39, 0.29) is 5.92 Å². The summed E-state index contributed by atoms with van der Waals surface area (Å²) in [6.45, 7) is 5.16. The van der Waals surface area contributed by atoms with Gasteiger partial charge < -0.3 is 4.79 Å². The lowest BCUT2D eigenvalue weighted by Gasteiger charge is -2.41. The molecule has 2 heteroatoms. The average Bonchev–Trinajstić information content (AvgIpc) is 2.23. The number of carbonyl (C=O) groups excluding carboxylic acids is 1. The highest BCUT2D eigenvalue weighted by Crippen LogP contribution is 2.24. The van der Waals surface area contributed by atoms with Crippen LogP contribution in [-0.2, 0) is 11.3 Å². The Morgan fingerprint density at radius 1 is 1.40 bits per heavy atom. The van der Waals surface area contributed by atoms with Gasteiger partial charge in [-0.2, -0.15) is 0 Å². The first kappa shape index (κ1) is 10.4. The van der Waals surface area contributed by atoms with Crippen LogP contribution in [0.1, 0.15) is 12.5 Å². The highest BCUT2D eigenvalue weighted by molar-refractivity contribution is 5.53. The van der Waals surface area contributed by atoms with Crippen molar-refractivity contribution in [3.8, 4) is 0 Å². The normalized spacial score (nSPS) is 19.5. The van der Waals surface area contributed by atoms with E-state index in [1.54, 1.807) is 0 Å². The quantitative estimate of drug-likeness (QED) is 0.697. The third kappa shape index (κ3) is 2.45. The molecule has 1 aliphatic heterocycles. The van der Waals surface area contributed by atoms with Gasteiger partial charge in [-0.05, 0) is 11.5 Å². The zero-order valence-electron chi connectivity index (χ0n) is 9.10. The summed E-state index contributed by atoms with van der Waals surface area (Å²) in [4.78, 5) is 13.0. The SMILES string of the molecule is CC(C=O)C1CN(Cc2ccccc2)C1. The predicted octanol–water partition coefficient (Wildman–Crippen LogP) is 1.95. The molecule has 0 spiro atoms. The molecule has 1 aromatic carbocycles. The molecule has 1 fully saturated rings.